The lowest BCUT2D eigenvalue weighted by atomic mass is 9.96. The van der Waals surface area contributed by atoms with E-state index >= 15 is 0 Å². The molecule has 0 aliphatic rings. The lowest BCUT2D eigenvalue weighted by molar-refractivity contribution is 0.103. The summed E-state index contributed by atoms with van der Waals surface area (Å²) >= 11 is 0. The van der Waals surface area contributed by atoms with Gasteiger partial charge in [0.1, 0.15) is 5.82 Å². The van der Waals surface area contributed by atoms with Gasteiger partial charge in [-0.25, -0.2) is 4.39 Å². The zero-order valence-corrected chi connectivity index (χ0v) is 11.1. The molecule has 0 fully saturated rings. The molecule has 3 rings (SSSR count). The van der Waals surface area contributed by atoms with Crippen molar-refractivity contribution < 1.29 is 9.18 Å². The van der Waals surface area contributed by atoms with Crippen molar-refractivity contribution >= 4 is 16.6 Å². The summed E-state index contributed by atoms with van der Waals surface area (Å²) in [6.07, 6.45) is 0. The molecule has 1 nitrogen and oxygen atoms in total. The van der Waals surface area contributed by atoms with Gasteiger partial charge in [0.05, 0.1) is 5.56 Å². The van der Waals surface area contributed by atoms with E-state index in [1.165, 1.54) is 6.07 Å². The molecule has 0 bridgehead atoms. The molecule has 3 aromatic carbocycles. The van der Waals surface area contributed by atoms with Crippen LogP contribution in [0.4, 0.5) is 4.39 Å². The summed E-state index contributed by atoms with van der Waals surface area (Å²) in [5.74, 6) is -0.748. The van der Waals surface area contributed by atoms with Crippen LogP contribution in [0.1, 0.15) is 21.5 Å². The minimum atomic E-state index is -0.470. The minimum Gasteiger partial charge on any atom is -0.288 e. The first kappa shape index (κ1) is 12.5. The molecule has 0 aromatic heterocycles. The van der Waals surface area contributed by atoms with Gasteiger partial charge in [-0.05, 0) is 35.4 Å². The van der Waals surface area contributed by atoms with Crippen molar-refractivity contribution in [1.82, 2.24) is 0 Å². The first-order chi connectivity index (χ1) is 9.66. The fraction of sp³-hybridized carbons (Fsp3) is 0.0556. The van der Waals surface area contributed by atoms with Gasteiger partial charge < -0.3 is 0 Å². The third-order valence-corrected chi connectivity index (χ3v) is 3.40. The Bertz CT molecular complexity index is 800. The molecule has 0 saturated carbocycles. The van der Waals surface area contributed by atoms with Crippen LogP contribution in [-0.4, -0.2) is 5.78 Å². The molecule has 2 heteroatoms. The Hall–Kier alpha value is -2.48. The van der Waals surface area contributed by atoms with Crippen molar-refractivity contribution in [2.75, 3.05) is 0 Å². The van der Waals surface area contributed by atoms with Crippen molar-refractivity contribution in [1.29, 1.82) is 0 Å². The van der Waals surface area contributed by atoms with Gasteiger partial charge >= 0.3 is 0 Å². The number of halogens is 1. The van der Waals surface area contributed by atoms with Crippen LogP contribution in [0.25, 0.3) is 10.8 Å². The monoisotopic (exact) mass is 264 g/mol. The average molecular weight is 264 g/mol. The standard InChI is InChI=1S/C18H13FO/c1-12-9-10-16(17(19)11-12)18(20)15-8-4-6-13-5-2-3-7-14(13)15/h2-11H,1H3. The van der Waals surface area contributed by atoms with Crippen molar-refractivity contribution in [3.63, 3.8) is 0 Å². The molecular formula is C18H13FO. The Labute approximate surface area is 116 Å². The van der Waals surface area contributed by atoms with Crippen molar-refractivity contribution in [2.45, 2.75) is 6.92 Å². The van der Waals surface area contributed by atoms with Crippen LogP contribution in [0, 0.1) is 12.7 Å². The molecule has 0 unspecified atom stereocenters. The Morgan fingerprint density at radius 3 is 2.45 bits per heavy atom. The molecule has 0 radical (unpaired) electrons. The molecule has 98 valence electrons. The number of ketones is 1. The van der Waals surface area contributed by atoms with Crippen molar-refractivity contribution in [3.8, 4) is 0 Å². The number of carbonyl (C=O) groups is 1. The maximum atomic E-state index is 14.0. The second-order valence-corrected chi connectivity index (χ2v) is 4.84. The number of benzene rings is 3. The lowest BCUT2D eigenvalue weighted by Crippen LogP contribution is -2.05. The number of fused-ring (bicyclic) bond motifs is 1. The van der Waals surface area contributed by atoms with E-state index in [4.69, 9.17) is 0 Å². The first-order valence-corrected chi connectivity index (χ1v) is 6.45. The summed E-state index contributed by atoms with van der Waals surface area (Å²) in [6, 6.07) is 17.8. The number of carbonyl (C=O) groups excluding carboxylic acids is 1. The van der Waals surface area contributed by atoms with E-state index in [9.17, 15) is 9.18 Å². The van der Waals surface area contributed by atoms with Crippen LogP contribution in [0.2, 0.25) is 0 Å². The fourth-order valence-electron chi connectivity index (χ4n) is 2.37. The van der Waals surface area contributed by atoms with Crippen LogP contribution in [0.15, 0.2) is 60.7 Å². The SMILES string of the molecule is Cc1ccc(C(=O)c2cccc3ccccc23)c(F)c1. The minimum absolute atomic E-state index is 0.118. The summed E-state index contributed by atoms with van der Waals surface area (Å²) in [4.78, 5) is 12.6. The second kappa shape index (κ2) is 4.89. The molecule has 0 heterocycles. The molecule has 3 aromatic rings. The van der Waals surface area contributed by atoms with E-state index in [1.54, 1.807) is 25.1 Å². The average Bonchev–Trinajstić information content (AvgIpc) is 2.46. The smallest absolute Gasteiger partial charge is 0.196 e. The van der Waals surface area contributed by atoms with E-state index in [-0.39, 0.29) is 11.3 Å². The molecule has 0 aliphatic carbocycles. The summed E-state index contributed by atoms with van der Waals surface area (Å²) in [5.41, 5.74) is 1.45. The van der Waals surface area contributed by atoms with E-state index in [2.05, 4.69) is 0 Å². The zero-order chi connectivity index (χ0) is 14.1. The van der Waals surface area contributed by atoms with Gasteiger partial charge in [0.15, 0.2) is 5.78 Å². The van der Waals surface area contributed by atoms with Gasteiger partial charge in [0, 0.05) is 5.56 Å². The van der Waals surface area contributed by atoms with Crippen LogP contribution >= 0.6 is 0 Å². The molecule has 0 saturated heterocycles. The Morgan fingerprint density at radius 2 is 1.65 bits per heavy atom. The number of rotatable bonds is 2. The summed E-state index contributed by atoms with van der Waals surface area (Å²) in [7, 11) is 0. The van der Waals surface area contributed by atoms with Crippen LogP contribution < -0.4 is 0 Å². The Balaban J connectivity index is 2.18. The van der Waals surface area contributed by atoms with E-state index in [1.807, 2.05) is 36.4 Å². The molecule has 0 spiro atoms. The molecule has 0 atom stereocenters. The third kappa shape index (κ3) is 2.10. The highest BCUT2D eigenvalue weighted by atomic mass is 19.1. The number of hydrogen-bond acceptors (Lipinski definition) is 1. The summed E-state index contributed by atoms with van der Waals surface area (Å²) in [6.45, 7) is 1.80. The summed E-state index contributed by atoms with van der Waals surface area (Å²) < 4.78 is 14.0. The van der Waals surface area contributed by atoms with E-state index < -0.39 is 5.82 Å². The lowest BCUT2D eigenvalue weighted by Gasteiger charge is -2.07. The van der Waals surface area contributed by atoms with Crippen molar-refractivity contribution in [2.24, 2.45) is 0 Å². The normalized spacial score (nSPS) is 10.7. The predicted molar refractivity (Wildman–Crippen MR) is 78.5 cm³/mol. The van der Waals surface area contributed by atoms with E-state index in [0.717, 1.165) is 16.3 Å². The van der Waals surface area contributed by atoms with Gasteiger partial charge in [-0.1, -0.05) is 48.5 Å². The molecule has 0 N–H and O–H groups in total. The zero-order valence-electron chi connectivity index (χ0n) is 11.1. The van der Waals surface area contributed by atoms with Gasteiger partial charge in [-0.2, -0.15) is 0 Å². The maximum absolute atomic E-state index is 14.0. The van der Waals surface area contributed by atoms with Crippen LogP contribution in [-0.2, 0) is 0 Å². The van der Waals surface area contributed by atoms with Crippen molar-refractivity contribution in [3.05, 3.63) is 83.2 Å². The van der Waals surface area contributed by atoms with Crippen LogP contribution in [0.3, 0.4) is 0 Å². The fourth-order valence-corrected chi connectivity index (χ4v) is 2.37. The highest BCUT2D eigenvalue weighted by Gasteiger charge is 2.16. The largest absolute Gasteiger partial charge is 0.288 e. The van der Waals surface area contributed by atoms with Crippen LogP contribution in [0.5, 0.6) is 0 Å². The summed E-state index contributed by atoms with van der Waals surface area (Å²) in [5, 5.41) is 1.82. The van der Waals surface area contributed by atoms with Gasteiger partial charge in [-0.3, -0.25) is 4.79 Å². The van der Waals surface area contributed by atoms with Gasteiger partial charge in [-0.15, -0.1) is 0 Å². The third-order valence-electron chi connectivity index (χ3n) is 3.40. The predicted octanol–water partition coefficient (Wildman–Crippen LogP) is 4.52. The van der Waals surface area contributed by atoms with Gasteiger partial charge in [0.25, 0.3) is 0 Å². The Kier molecular flexibility index (Phi) is 3.07. The quantitative estimate of drug-likeness (QED) is 0.622. The second-order valence-electron chi connectivity index (χ2n) is 4.84. The Morgan fingerprint density at radius 1 is 0.900 bits per heavy atom. The molecule has 0 amide bonds. The maximum Gasteiger partial charge on any atom is 0.196 e. The molecule has 0 aliphatic heterocycles. The first-order valence-electron chi connectivity index (χ1n) is 6.45. The highest BCUT2D eigenvalue weighted by molar-refractivity contribution is 6.16. The topological polar surface area (TPSA) is 17.1 Å². The highest BCUT2D eigenvalue weighted by Crippen LogP contribution is 2.22. The number of aryl methyl sites for hydroxylation is 1. The number of hydrogen-bond donors (Lipinski definition) is 0. The van der Waals surface area contributed by atoms with E-state index in [0.29, 0.717) is 5.56 Å². The van der Waals surface area contributed by atoms with Gasteiger partial charge in [0.2, 0.25) is 0 Å². The molecular weight excluding hydrogens is 251 g/mol. The molecule has 20 heavy (non-hydrogen) atoms.